The standard InChI is InChI=1S/C36H37N7O3S/c1-22-15-31(32-19-40-35(47-32)29-6-4-5-24-17-26(36(44)46-3)9-12-28(24)29)41-34(16-22)42-33-18-25(13-14-39-33)30(37)21-43(38)20-23-7-10-27(45-2)11-8-23/h7-19,21,29H,4-6,20,37-38H2,1-3H3,(H,39,41,42)/b30-21-. The zero-order valence-corrected chi connectivity index (χ0v) is 27.4. The molecule has 3 aromatic heterocycles. The number of benzene rings is 2. The van der Waals surface area contributed by atoms with Crippen LogP contribution in [-0.2, 0) is 17.7 Å². The molecule has 5 N–H and O–H groups in total. The second-order valence-corrected chi connectivity index (χ2v) is 12.5. The highest BCUT2D eigenvalue weighted by Gasteiger charge is 2.26. The Kier molecular flexibility index (Phi) is 9.46. The second-order valence-electron chi connectivity index (χ2n) is 11.5. The van der Waals surface area contributed by atoms with E-state index in [0.717, 1.165) is 57.3 Å². The highest BCUT2D eigenvalue weighted by atomic mass is 32.1. The fourth-order valence-electron chi connectivity index (χ4n) is 5.79. The summed E-state index contributed by atoms with van der Waals surface area (Å²) in [6.07, 6.45) is 8.29. The average Bonchev–Trinajstić information content (AvgIpc) is 3.58. The Morgan fingerprint density at radius 2 is 1.87 bits per heavy atom. The number of ether oxygens (including phenoxy) is 2. The maximum Gasteiger partial charge on any atom is 0.337 e. The Bertz CT molecular complexity index is 1920. The molecule has 1 aliphatic rings. The summed E-state index contributed by atoms with van der Waals surface area (Å²) in [5.41, 5.74) is 13.6. The number of carbonyl (C=O) groups is 1. The Labute approximate surface area is 278 Å². The summed E-state index contributed by atoms with van der Waals surface area (Å²) in [5, 5.41) is 5.93. The molecule has 0 aliphatic heterocycles. The SMILES string of the molecule is COC(=O)c1ccc2c(c1)CCCC2c1ncc(-c2cc(C)cc(Nc3cc(/C(N)=C/N(N)Cc4ccc(OC)cc4)ccn3)n2)s1. The molecule has 1 unspecified atom stereocenters. The van der Waals surface area contributed by atoms with Gasteiger partial charge in [0.25, 0.3) is 0 Å². The smallest absolute Gasteiger partial charge is 0.337 e. The van der Waals surface area contributed by atoms with Crippen molar-refractivity contribution in [3.05, 3.63) is 124 Å². The first-order chi connectivity index (χ1) is 22.8. The molecule has 3 heterocycles. The van der Waals surface area contributed by atoms with Crippen LogP contribution in [-0.4, -0.2) is 40.1 Å². The fourth-order valence-corrected chi connectivity index (χ4v) is 6.82. The number of nitrogens with zero attached hydrogens (tertiary/aromatic N) is 4. The van der Waals surface area contributed by atoms with Crippen LogP contribution >= 0.6 is 11.3 Å². The van der Waals surface area contributed by atoms with Gasteiger partial charge in [0.2, 0.25) is 0 Å². The van der Waals surface area contributed by atoms with Gasteiger partial charge in [0.05, 0.1) is 42.6 Å². The minimum atomic E-state index is -0.314. The third kappa shape index (κ3) is 7.43. The molecule has 0 amide bonds. The summed E-state index contributed by atoms with van der Waals surface area (Å²) in [7, 11) is 3.05. The van der Waals surface area contributed by atoms with Gasteiger partial charge in [-0.2, -0.15) is 0 Å². The molecule has 1 aliphatic carbocycles. The van der Waals surface area contributed by atoms with Crippen molar-refractivity contribution in [3.8, 4) is 16.3 Å². The Morgan fingerprint density at radius 3 is 2.66 bits per heavy atom. The fraction of sp³-hybridized carbons (Fsp3) is 0.222. The van der Waals surface area contributed by atoms with Gasteiger partial charge in [-0.3, -0.25) is 0 Å². The summed E-state index contributed by atoms with van der Waals surface area (Å²) < 4.78 is 10.1. The Hall–Kier alpha value is -5.26. The van der Waals surface area contributed by atoms with Crippen LogP contribution in [0.5, 0.6) is 5.75 Å². The minimum absolute atomic E-state index is 0.178. The van der Waals surface area contributed by atoms with E-state index in [9.17, 15) is 4.79 Å². The normalized spacial score (nSPS) is 14.3. The van der Waals surface area contributed by atoms with Gasteiger partial charge >= 0.3 is 5.97 Å². The van der Waals surface area contributed by atoms with E-state index < -0.39 is 0 Å². The van der Waals surface area contributed by atoms with E-state index in [1.807, 2.05) is 67.7 Å². The number of anilines is 2. The molecule has 5 aromatic rings. The molecule has 0 saturated carbocycles. The second kappa shape index (κ2) is 14.0. The van der Waals surface area contributed by atoms with Crippen molar-refractivity contribution < 1.29 is 14.3 Å². The number of fused-ring (bicyclic) bond motifs is 1. The molecule has 240 valence electrons. The summed E-state index contributed by atoms with van der Waals surface area (Å²) in [6, 6.07) is 21.3. The molecule has 1 atom stereocenters. The van der Waals surface area contributed by atoms with E-state index in [-0.39, 0.29) is 11.9 Å². The third-order valence-corrected chi connectivity index (χ3v) is 9.23. The Morgan fingerprint density at radius 1 is 1.04 bits per heavy atom. The molecule has 0 radical (unpaired) electrons. The van der Waals surface area contributed by atoms with Crippen LogP contribution in [0.2, 0.25) is 0 Å². The van der Waals surface area contributed by atoms with Crippen molar-refractivity contribution >= 4 is 34.6 Å². The van der Waals surface area contributed by atoms with Crippen molar-refractivity contribution in [1.29, 1.82) is 0 Å². The van der Waals surface area contributed by atoms with Crippen LogP contribution in [0.3, 0.4) is 0 Å². The van der Waals surface area contributed by atoms with Gasteiger partial charge in [-0.1, -0.05) is 18.2 Å². The van der Waals surface area contributed by atoms with E-state index in [1.54, 1.807) is 35.9 Å². The first kappa shape index (κ1) is 31.7. The number of carbonyl (C=O) groups excluding carboxylic acids is 1. The predicted octanol–water partition coefficient (Wildman–Crippen LogP) is 6.55. The quantitative estimate of drug-likeness (QED) is 0.0868. The third-order valence-electron chi connectivity index (χ3n) is 8.10. The average molecular weight is 648 g/mol. The maximum atomic E-state index is 12.1. The van der Waals surface area contributed by atoms with E-state index in [1.165, 1.54) is 18.2 Å². The van der Waals surface area contributed by atoms with Crippen LogP contribution < -0.4 is 21.6 Å². The minimum Gasteiger partial charge on any atom is -0.497 e. The number of esters is 1. The lowest BCUT2D eigenvalue weighted by Gasteiger charge is -2.24. The van der Waals surface area contributed by atoms with Crippen molar-refractivity contribution in [1.82, 2.24) is 20.0 Å². The number of aryl methyl sites for hydroxylation is 2. The van der Waals surface area contributed by atoms with Crippen molar-refractivity contribution in [2.45, 2.75) is 38.6 Å². The highest BCUT2D eigenvalue weighted by Crippen LogP contribution is 2.40. The van der Waals surface area contributed by atoms with Gasteiger partial charge in [-0.05, 0) is 97.0 Å². The highest BCUT2D eigenvalue weighted by molar-refractivity contribution is 7.15. The van der Waals surface area contributed by atoms with Crippen LogP contribution in [0.15, 0.2) is 85.3 Å². The van der Waals surface area contributed by atoms with Gasteiger partial charge in [-0.25, -0.2) is 25.6 Å². The number of nitrogens with one attached hydrogen (secondary N) is 1. The zero-order valence-electron chi connectivity index (χ0n) is 26.6. The van der Waals surface area contributed by atoms with Gasteiger partial charge in [-0.15, -0.1) is 11.3 Å². The lowest BCUT2D eigenvalue weighted by atomic mass is 9.82. The molecule has 0 bridgehead atoms. The first-order valence-corrected chi connectivity index (χ1v) is 16.1. The first-order valence-electron chi connectivity index (χ1n) is 15.3. The van der Waals surface area contributed by atoms with Crippen molar-refractivity contribution in [2.24, 2.45) is 11.6 Å². The van der Waals surface area contributed by atoms with E-state index >= 15 is 0 Å². The van der Waals surface area contributed by atoms with E-state index in [0.29, 0.717) is 29.4 Å². The predicted molar refractivity (Wildman–Crippen MR) is 185 cm³/mol. The number of hydrazine groups is 1. The van der Waals surface area contributed by atoms with Gasteiger partial charge in [0.15, 0.2) is 0 Å². The van der Waals surface area contributed by atoms with Crippen LogP contribution in [0, 0.1) is 6.92 Å². The van der Waals surface area contributed by atoms with E-state index in [2.05, 4.69) is 22.4 Å². The maximum absolute atomic E-state index is 12.1. The van der Waals surface area contributed by atoms with Gasteiger partial charge < -0.3 is 25.5 Å². The van der Waals surface area contributed by atoms with Crippen LogP contribution in [0.1, 0.15) is 61.9 Å². The van der Waals surface area contributed by atoms with Gasteiger partial charge in [0.1, 0.15) is 22.4 Å². The molecular weight excluding hydrogens is 611 g/mol. The summed E-state index contributed by atoms with van der Waals surface area (Å²) >= 11 is 1.65. The zero-order chi connectivity index (χ0) is 32.9. The summed E-state index contributed by atoms with van der Waals surface area (Å²) in [5.74, 6) is 8.17. The lowest BCUT2D eigenvalue weighted by molar-refractivity contribution is 0.0600. The molecule has 0 fully saturated rings. The lowest BCUT2D eigenvalue weighted by Crippen LogP contribution is -2.25. The number of nitrogens with two attached hydrogens (primary N) is 2. The van der Waals surface area contributed by atoms with Crippen LogP contribution in [0.25, 0.3) is 16.3 Å². The number of hydrogen-bond acceptors (Lipinski definition) is 11. The number of hydrogen-bond donors (Lipinski definition) is 3. The number of thiazole rings is 1. The largest absolute Gasteiger partial charge is 0.497 e. The molecule has 2 aromatic carbocycles. The molecular formula is C36H37N7O3S. The number of aromatic nitrogens is 3. The summed E-state index contributed by atoms with van der Waals surface area (Å²) in [4.78, 5) is 27.3. The van der Waals surface area contributed by atoms with Crippen molar-refractivity contribution in [2.75, 3.05) is 19.5 Å². The summed E-state index contributed by atoms with van der Waals surface area (Å²) in [6.45, 7) is 2.53. The van der Waals surface area contributed by atoms with Crippen LogP contribution in [0.4, 0.5) is 11.6 Å². The molecule has 47 heavy (non-hydrogen) atoms. The van der Waals surface area contributed by atoms with Gasteiger partial charge in [0, 0.05) is 30.1 Å². The molecule has 6 rings (SSSR count). The number of rotatable bonds is 10. The molecule has 0 spiro atoms. The monoisotopic (exact) mass is 647 g/mol. The molecule has 0 saturated heterocycles. The topological polar surface area (TPSA) is 142 Å². The molecule has 10 nitrogen and oxygen atoms in total. The van der Waals surface area contributed by atoms with Crippen molar-refractivity contribution in [3.63, 3.8) is 0 Å². The Balaban J connectivity index is 1.17. The number of methoxy groups -OCH3 is 2. The molecule has 11 heteroatoms. The number of pyridine rings is 2. The van der Waals surface area contributed by atoms with E-state index in [4.69, 9.17) is 31.0 Å².